The van der Waals surface area contributed by atoms with Gasteiger partial charge in [-0.05, 0) is 132 Å². The molecule has 48 heavy (non-hydrogen) atoms. The molecule has 7 rings (SSSR count). The molecule has 0 N–H and O–H groups in total. The average Bonchev–Trinajstić information content (AvgIpc) is 3.41. The largest absolute Gasteiger partial charge is 0.496 e. The number of hydrogen-bond acceptors (Lipinski definition) is 4. The minimum absolute atomic E-state index is 0.601. The quantitative estimate of drug-likeness (QED) is 0.168. The fourth-order valence-corrected chi connectivity index (χ4v) is 14.0. The molecule has 246 valence electrons. The molecule has 0 amide bonds. The van der Waals surface area contributed by atoms with Crippen LogP contribution in [-0.2, 0) is 24.6 Å². The summed E-state index contributed by atoms with van der Waals surface area (Å²) in [6.07, 6.45) is 3.99. The van der Waals surface area contributed by atoms with Gasteiger partial charge >= 0.3 is 0 Å². The van der Waals surface area contributed by atoms with E-state index in [0.717, 1.165) is 47.6 Å². The Morgan fingerprint density at radius 2 is 0.625 bits per heavy atom. The van der Waals surface area contributed by atoms with Gasteiger partial charge in [0.15, 0.2) is 0 Å². The van der Waals surface area contributed by atoms with E-state index in [1.165, 1.54) is 77.4 Å². The summed E-state index contributed by atoms with van der Waals surface area (Å²) >= 11 is 0. The van der Waals surface area contributed by atoms with E-state index in [1.807, 2.05) is 0 Å². The Morgan fingerprint density at radius 3 is 0.854 bits per heavy atom. The molecule has 6 heteroatoms. The SMILES string of the molecule is COc1ccc(C)c2c1-c1c(OC)ccc(C)c1CP(c1ccccc1P1Cc3c(C)ccc(OC)c3-c3c(OC)ccc(C)c3C1)C2. The van der Waals surface area contributed by atoms with Gasteiger partial charge in [-0.25, -0.2) is 0 Å². The van der Waals surface area contributed by atoms with Crippen LogP contribution in [0.5, 0.6) is 23.0 Å². The van der Waals surface area contributed by atoms with E-state index in [9.17, 15) is 0 Å². The van der Waals surface area contributed by atoms with Gasteiger partial charge in [-0.3, -0.25) is 0 Å². The van der Waals surface area contributed by atoms with Crippen molar-refractivity contribution in [1.29, 1.82) is 0 Å². The van der Waals surface area contributed by atoms with E-state index < -0.39 is 15.8 Å². The summed E-state index contributed by atoms with van der Waals surface area (Å²) in [5.74, 6) is 3.67. The number of rotatable bonds is 6. The fraction of sp³-hybridized carbons (Fsp3) is 0.286. The molecule has 0 aromatic heterocycles. The molecule has 0 saturated heterocycles. The summed E-state index contributed by atoms with van der Waals surface area (Å²) in [5, 5.41) is 3.04. The highest BCUT2D eigenvalue weighted by Crippen LogP contribution is 2.58. The zero-order valence-electron chi connectivity index (χ0n) is 29.3. The standard InChI is InChI=1S/C42H44O4P2/c1-25-13-17-33(43-5)39-29(25)21-47(22-30-26(2)14-18-34(44-6)40(30)39)37-11-9-10-12-38(37)48-23-31-27(3)15-19-35(45-7)41(31)42-32(24-48)28(4)16-20-36(42)46-8/h9-20H,21-24H2,1-8H3. The van der Waals surface area contributed by atoms with Crippen LogP contribution in [0.15, 0.2) is 72.8 Å². The second kappa shape index (κ2) is 13.2. The van der Waals surface area contributed by atoms with Gasteiger partial charge in [0.2, 0.25) is 0 Å². The highest BCUT2D eigenvalue weighted by molar-refractivity contribution is 7.70. The molecule has 0 fully saturated rings. The zero-order valence-corrected chi connectivity index (χ0v) is 31.1. The van der Waals surface area contributed by atoms with E-state index in [0.29, 0.717) is 0 Å². The van der Waals surface area contributed by atoms with Crippen molar-refractivity contribution in [2.24, 2.45) is 0 Å². The van der Waals surface area contributed by atoms with Gasteiger partial charge in [0.1, 0.15) is 23.0 Å². The molecule has 0 aliphatic carbocycles. The number of methoxy groups -OCH3 is 4. The molecule has 0 atom stereocenters. The number of fused-ring (bicyclic) bond motifs is 6. The van der Waals surface area contributed by atoms with Gasteiger partial charge < -0.3 is 18.9 Å². The van der Waals surface area contributed by atoms with Gasteiger partial charge in [-0.1, -0.05) is 64.4 Å². The number of benzene rings is 5. The summed E-state index contributed by atoms with van der Waals surface area (Å²) in [5.41, 5.74) is 15.5. The molecule has 4 nitrogen and oxygen atoms in total. The van der Waals surface area contributed by atoms with Crippen molar-refractivity contribution in [3.8, 4) is 45.3 Å². The molecular formula is C42H44O4P2. The first-order valence-electron chi connectivity index (χ1n) is 16.5. The summed E-state index contributed by atoms with van der Waals surface area (Å²) in [7, 11) is 5.94. The van der Waals surface area contributed by atoms with Crippen LogP contribution in [0.4, 0.5) is 0 Å². The first-order valence-corrected chi connectivity index (χ1v) is 20.0. The maximum atomic E-state index is 6.05. The van der Waals surface area contributed by atoms with Crippen molar-refractivity contribution in [2.45, 2.75) is 52.3 Å². The van der Waals surface area contributed by atoms with Gasteiger partial charge in [0.05, 0.1) is 28.4 Å². The Bertz CT molecular complexity index is 1780. The van der Waals surface area contributed by atoms with Crippen molar-refractivity contribution in [3.63, 3.8) is 0 Å². The van der Waals surface area contributed by atoms with Crippen molar-refractivity contribution in [2.75, 3.05) is 28.4 Å². The molecule has 2 heterocycles. The Kier molecular flexibility index (Phi) is 9.01. The summed E-state index contributed by atoms with van der Waals surface area (Å²) in [6.45, 7) is 9.00. The Hall–Kier alpha value is -3.84. The third-order valence-electron chi connectivity index (χ3n) is 10.4. The second-order valence-electron chi connectivity index (χ2n) is 13.0. The highest BCUT2D eigenvalue weighted by Gasteiger charge is 2.34. The molecule has 2 aliphatic rings. The second-order valence-corrected chi connectivity index (χ2v) is 17.3. The van der Waals surface area contributed by atoms with Crippen LogP contribution in [-0.4, -0.2) is 28.4 Å². The normalized spacial score (nSPS) is 14.2. The van der Waals surface area contributed by atoms with E-state index >= 15 is 0 Å². The molecule has 0 spiro atoms. The summed E-state index contributed by atoms with van der Waals surface area (Å²) in [6, 6.07) is 26.8. The first kappa shape index (κ1) is 32.7. The minimum atomic E-state index is -0.601. The average molecular weight is 675 g/mol. The van der Waals surface area contributed by atoms with Crippen LogP contribution >= 0.6 is 15.8 Å². The monoisotopic (exact) mass is 674 g/mol. The molecule has 0 unspecified atom stereocenters. The number of hydrogen-bond donors (Lipinski definition) is 0. The van der Waals surface area contributed by atoms with Gasteiger partial charge in [-0.2, -0.15) is 0 Å². The van der Waals surface area contributed by atoms with Gasteiger partial charge in [-0.15, -0.1) is 0 Å². The van der Waals surface area contributed by atoms with Crippen LogP contribution in [0.2, 0.25) is 0 Å². The molecule has 5 aromatic rings. The predicted octanol–water partition coefficient (Wildman–Crippen LogP) is 9.93. The smallest absolute Gasteiger partial charge is 0.127 e. The third-order valence-corrected chi connectivity index (χ3v) is 15.5. The van der Waals surface area contributed by atoms with Crippen molar-refractivity contribution < 1.29 is 18.9 Å². The van der Waals surface area contributed by atoms with E-state index in [4.69, 9.17) is 18.9 Å². The van der Waals surface area contributed by atoms with Crippen LogP contribution in [0.1, 0.15) is 44.5 Å². The zero-order chi connectivity index (χ0) is 33.7. The van der Waals surface area contributed by atoms with Crippen molar-refractivity contribution in [1.82, 2.24) is 0 Å². The fourth-order valence-electron chi connectivity index (χ4n) is 7.73. The first-order chi connectivity index (χ1) is 23.3. The number of ether oxygens (including phenoxy) is 4. The molecular weight excluding hydrogens is 630 g/mol. The highest BCUT2D eigenvalue weighted by atomic mass is 31.1. The predicted molar refractivity (Wildman–Crippen MR) is 203 cm³/mol. The minimum Gasteiger partial charge on any atom is -0.496 e. The molecule has 0 saturated carbocycles. The Labute approximate surface area is 287 Å². The maximum Gasteiger partial charge on any atom is 0.127 e. The van der Waals surface area contributed by atoms with Crippen molar-refractivity contribution >= 4 is 26.5 Å². The molecule has 5 aromatic carbocycles. The lowest BCUT2D eigenvalue weighted by molar-refractivity contribution is 0.409. The molecule has 0 bridgehead atoms. The van der Waals surface area contributed by atoms with E-state index in [-0.39, 0.29) is 0 Å². The van der Waals surface area contributed by atoms with Crippen LogP contribution in [0, 0.1) is 27.7 Å². The van der Waals surface area contributed by atoms with Crippen LogP contribution < -0.4 is 29.6 Å². The molecule has 2 aliphatic heterocycles. The number of aryl methyl sites for hydroxylation is 4. The lowest BCUT2D eigenvalue weighted by Crippen LogP contribution is -2.24. The molecule has 0 radical (unpaired) electrons. The van der Waals surface area contributed by atoms with E-state index in [1.54, 1.807) is 28.4 Å². The van der Waals surface area contributed by atoms with Gasteiger partial charge in [0.25, 0.3) is 0 Å². The Morgan fingerprint density at radius 1 is 0.375 bits per heavy atom. The summed E-state index contributed by atoms with van der Waals surface area (Å²) in [4.78, 5) is 0. The lowest BCUT2D eigenvalue weighted by Gasteiger charge is -2.27. The summed E-state index contributed by atoms with van der Waals surface area (Å²) < 4.78 is 24.2. The Balaban J connectivity index is 1.44. The van der Waals surface area contributed by atoms with Crippen molar-refractivity contribution in [3.05, 3.63) is 117 Å². The van der Waals surface area contributed by atoms with Crippen LogP contribution in [0.25, 0.3) is 22.3 Å². The lowest BCUT2D eigenvalue weighted by atomic mass is 9.90. The third kappa shape index (κ3) is 5.39. The topological polar surface area (TPSA) is 36.9 Å². The van der Waals surface area contributed by atoms with Crippen LogP contribution in [0.3, 0.4) is 0 Å². The maximum absolute atomic E-state index is 6.05. The van der Waals surface area contributed by atoms with E-state index in [2.05, 4.69) is 100 Å². The van der Waals surface area contributed by atoms with Gasteiger partial charge in [0, 0.05) is 22.3 Å².